The van der Waals surface area contributed by atoms with Crippen LogP contribution in [-0.4, -0.2) is 26.8 Å². The second kappa shape index (κ2) is 8.70. The van der Waals surface area contributed by atoms with Crippen molar-refractivity contribution >= 4 is 56.4 Å². The van der Waals surface area contributed by atoms with Crippen LogP contribution in [0.4, 0.5) is 10.3 Å². The fourth-order valence-corrected chi connectivity index (χ4v) is 4.52. The molecule has 2 N–H and O–H groups in total. The molecule has 4 aromatic rings. The number of nitrogens with one attached hydrogen (secondary N) is 2. The molecule has 0 unspecified atom stereocenters. The van der Waals surface area contributed by atoms with E-state index in [1.54, 1.807) is 48.8 Å². The van der Waals surface area contributed by atoms with Crippen LogP contribution in [0.2, 0.25) is 5.02 Å². The number of anilines is 2. The molecule has 0 fully saturated rings. The van der Waals surface area contributed by atoms with Gasteiger partial charge in [-0.1, -0.05) is 35.1 Å². The summed E-state index contributed by atoms with van der Waals surface area (Å²) in [6, 6.07) is 10.1. The third kappa shape index (κ3) is 4.38. The van der Waals surface area contributed by atoms with Crippen LogP contribution in [0, 0.1) is 6.92 Å². The number of thiazole rings is 2. The molecule has 0 saturated carbocycles. The average molecular weight is 456 g/mol. The van der Waals surface area contributed by atoms with Gasteiger partial charge in [0.2, 0.25) is 0 Å². The molecule has 0 spiro atoms. The van der Waals surface area contributed by atoms with Gasteiger partial charge in [-0.3, -0.25) is 25.2 Å². The van der Waals surface area contributed by atoms with Crippen molar-refractivity contribution in [3.63, 3.8) is 0 Å². The third-order valence-corrected chi connectivity index (χ3v) is 6.22. The predicted molar refractivity (Wildman–Crippen MR) is 120 cm³/mol. The Kier molecular flexibility index (Phi) is 5.84. The Hall–Kier alpha value is -3.14. The number of aryl methyl sites for hydroxylation is 1. The number of carbonyl (C=O) groups excluding carboxylic acids is 2. The Morgan fingerprint density at radius 2 is 1.70 bits per heavy atom. The molecule has 0 aliphatic carbocycles. The summed E-state index contributed by atoms with van der Waals surface area (Å²) in [7, 11) is 0. The number of aromatic nitrogens is 3. The van der Waals surface area contributed by atoms with Gasteiger partial charge in [-0.15, -0.1) is 11.3 Å². The van der Waals surface area contributed by atoms with E-state index in [9.17, 15) is 9.59 Å². The zero-order valence-corrected chi connectivity index (χ0v) is 17.9. The molecule has 150 valence electrons. The normalized spacial score (nSPS) is 10.6. The smallest absolute Gasteiger partial charge is 0.258 e. The quantitative estimate of drug-likeness (QED) is 0.435. The van der Waals surface area contributed by atoms with Crippen molar-refractivity contribution in [1.82, 2.24) is 15.0 Å². The number of nitrogens with zero attached hydrogens (tertiary/aromatic N) is 3. The number of benzene rings is 1. The molecule has 0 bridgehead atoms. The van der Waals surface area contributed by atoms with Crippen molar-refractivity contribution in [2.45, 2.75) is 6.92 Å². The summed E-state index contributed by atoms with van der Waals surface area (Å²) in [5.74, 6) is -0.587. The number of amides is 2. The minimum atomic E-state index is -0.329. The van der Waals surface area contributed by atoms with E-state index in [4.69, 9.17) is 11.6 Å². The van der Waals surface area contributed by atoms with Crippen LogP contribution in [0.5, 0.6) is 0 Å². The molecule has 0 aliphatic rings. The molecule has 3 aromatic heterocycles. The molecular formula is C20H14ClN5O2S2. The zero-order chi connectivity index (χ0) is 21.1. The Bertz CT molecular complexity index is 1220. The van der Waals surface area contributed by atoms with Gasteiger partial charge >= 0.3 is 0 Å². The summed E-state index contributed by atoms with van der Waals surface area (Å²) in [6.45, 7) is 1.84. The van der Waals surface area contributed by atoms with Crippen LogP contribution in [0.25, 0.3) is 10.6 Å². The zero-order valence-electron chi connectivity index (χ0n) is 15.5. The van der Waals surface area contributed by atoms with Crippen molar-refractivity contribution in [2.24, 2.45) is 0 Å². The number of halogens is 1. The fourth-order valence-electron chi connectivity index (χ4n) is 2.61. The van der Waals surface area contributed by atoms with Crippen molar-refractivity contribution in [1.29, 1.82) is 0 Å². The first-order valence-electron chi connectivity index (χ1n) is 8.72. The van der Waals surface area contributed by atoms with Gasteiger partial charge in [0.25, 0.3) is 11.8 Å². The van der Waals surface area contributed by atoms with Crippen LogP contribution in [-0.2, 0) is 0 Å². The van der Waals surface area contributed by atoms with Gasteiger partial charge in [0.15, 0.2) is 10.3 Å². The summed E-state index contributed by atoms with van der Waals surface area (Å²) in [5, 5.41) is 8.68. The molecular weight excluding hydrogens is 442 g/mol. The van der Waals surface area contributed by atoms with Crippen molar-refractivity contribution in [3.05, 3.63) is 76.0 Å². The van der Waals surface area contributed by atoms with Gasteiger partial charge < -0.3 is 0 Å². The molecule has 0 atom stereocenters. The number of carbonyl (C=O) groups is 2. The van der Waals surface area contributed by atoms with Gasteiger partial charge in [-0.25, -0.2) is 9.97 Å². The topological polar surface area (TPSA) is 96.9 Å². The highest BCUT2D eigenvalue weighted by Gasteiger charge is 2.17. The molecule has 7 nitrogen and oxygen atoms in total. The van der Waals surface area contributed by atoms with Crippen LogP contribution >= 0.6 is 34.3 Å². The van der Waals surface area contributed by atoms with E-state index in [0.717, 1.165) is 10.6 Å². The van der Waals surface area contributed by atoms with Crippen LogP contribution in [0.1, 0.15) is 26.4 Å². The van der Waals surface area contributed by atoms with E-state index in [2.05, 4.69) is 25.6 Å². The Morgan fingerprint density at radius 3 is 2.47 bits per heavy atom. The molecule has 3 heterocycles. The number of rotatable bonds is 5. The van der Waals surface area contributed by atoms with Gasteiger partial charge in [0.05, 0.1) is 26.9 Å². The van der Waals surface area contributed by atoms with Crippen LogP contribution < -0.4 is 10.6 Å². The second-order valence-electron chi connectivity index (χ2n) is 6.10. The molecule has 2 amide bonds. The van der Waals surface area contributed by atoms with Gasteiger partial charge in [-0.05, 0) is 31.2 Å². The highest BCUT2D eigenvalue weighted by molar-refractivity contribution is 7.20. The second-order valence-corrected chi connectivity index (χ2v) is 8.36. The summed E-state index contributed by atoms with van der Waals surface area (Å²) in [5.41, 5.74) is 2.29. The summed E-state index contributed by atoms with van der Waals surface area (Å²) in [4.78, 5) is 38.3. The highest BCUT2D eigenvalue weighted by atomic mass is 35.5. The minimum absolute atomic E-state index is 0.257. The lowest BCUT2D eigenvalue weighted by atomic mass is 10.2. The Morgan fingerprint density at radius 1 is 0.967 bits per heavy atom. The lowest BCUT2D eigenvalue weighted by Gasteiger charge is -2.03. The van der Waals surface area contributed by atoms with E-state index in [1.807, 2.05) is 12.3 Å². The molecule has 0 radical (unpaired) electrons. The summed E-state index contributed by atoms with van der Waals surface area (Å²) < 4.78 is 0. The van der Waals surface area contributed by atoms with Crippen molar-refractivity contribution in [3.8, 4) is 10.6 Å². The first-order chi connectivity index (χ1) is 14.5. The molecule has 10 heteroatoms. The van der Waals surface area contributed by atoms with E-state index in [1.165, 1.54) is 22.7 Å². The SMILES string of the molecule is Cc1nc(NC(=O)c2ccccc2Cl)sc1-c1csc(NC(=O)c2ccncc2)n1. The third-order valence-electron chi connectivity index (χ3n) is 4.04. The molecule has 1 aromatic carbocycles. The standard InChI is InChI=1S/C20H14ClN5O2S2/c1-11-16(30-20(23-11)26-18(28)13-4-2-3-5-14(13)21)15-10-29-19(24-15)25-17(27)12-6-8-22-9-7-12/h2-10H,1H3,(H,23,26,28)(H,24,25,27). The number of pyridine rings is 1. The van der Waals surface area contributed by atoms with Gasteiger partial charge in [0, 0.05) is 23.3 Å². The van der Waals surface area contributed by atoms with Crippen LogP contribution in [0.3, 0.4) is 0 Å². The van der Waals surface area contributed by atoms with E-state index in [0.29, 0.717) is 32.1 Å². The molecule has 0 saturated heterocycles. The first kappa shape index (κ1) is 20.1. The molecule has 0 aliphatic heterocycles. The van der Waals surface area contributed by atoms with Crippen LogP contribution in [0.15, 0.2) is 54.2 Å². The van der Waals surface area contributed by atoms with Crippen molar-refractivity contribution < 1.29 is 9.59 Å². The number of hydrogen-bond donors (Lipinski definition) is 2. The van der Waals surface area contributed by atoms with E-state index < -0.39 is 0 Å². The predicted octanol–water partition coefficient (Wildman–Crippen LogP) is 5.13. The highest BCUT2D eigenvalue weighted by Crippen LogP contribution is 2.35. The molecule has 4 rings (SSSR count). The maximum absolute atomic E-state index is 12.5. The average Bonchev–Trinajstić information content (AvgIpc) is 3.35. The summed E-state index contributed by atoms with van der Waals surface area (Å²) in [6.07, 6.45) is 3.11. The van der Waals surface area contributed by atoms with Crippen molar-refractivity contribution in [2.75, 3.05) is 10.6 Å². The first-order valence-corrected chi connectivity index (χ1v) is 10.8. The minimum Gasteiger partial charge on any atom is -0.298 e. The lowest BCUT2D eigenvalue weighted by Crippen LogP contribution is -2.12. The number of hydrogen-bond acceptors (Lipinski definition) is 7. The van der Waals surface area contributed by atoms with Gasteiger partial charge in [0.1, 0.15) is 0 Å². The molecule has 30 heavy (non-hydrogen) atoms. The maximum Gasteiger partial charge on any atom is 0.258 e. The Balaban J connectivity index is 1.49. The van der Waals surface area contributed by atoms with E-state index >= 15 is 0 Å². The Labute approximate surface area is 184 Å². The van der Waals surface area contributed by atoms with E-state index in [-0.39, 0.29) is 11.8 Å². The maximum atomic E-state index is 12.5. The lowest BCUT2D eigenvalue weighted by molar-refractivity contribution is 0.101. The monoisotopic (exact) mass is 455 g/mol. The largest absolute Gasteiger partial charge is 0.298 e. The fraction of sp³-hybridized carbons (Fsp3) is 0.0500. The van der Waals surface area contributed by atoms with Gasteiger partial charge in [-0.2, -0.15) is 0 Å². The summed E-state index contributed by atoms with van der Waals surface area (Å²) >= 11 is 8.70.